The number of carbonyl (C=O) groups excluding carboxylic acids is 2. The Balaban J connectivity index is 2.87. The first-order chi connectivity index (χ1) is 11.2. The second-order valence-electron chi connectivity index (χ2n) is 6.46. The molecule has 6 nitrogen and oxygen atoms in total. The fraction of sp³-hybridized carbons (Fsp3) is 0.529. The second-order valence-corrected chi connectivity index (χ2v) is 6.46. The highest BCUT2D eigenvalue weighted by Gasteiger charge is 2.21. The van der Waals surface area contributed by atoms with Gasteiger partial charge < -0.3 is 25.2 Å². The van der Waals surface area contributed by atoms with Gasteiger partial charge in [-0.25, -0.2) is 0 Å². The standard InChI is InChI=1S/C17H26BN2O4/c1-5-23-15-7-6-13(19)8-12(15)9-14(20-18-11-21)10-16(22)24-17(2,3)4/h6-8,11,14,20H,5,9-10,19H2,1-4H3/t14-/m0/s1. The molecule has 0 aromatic heterocycles. The predicted octanol–water partition coefficient (Wildman–Crippen LogP) is 1.71. The van der Waals surface area contributed by atoms with E-state index in [2.05, 4.69) is 5.23 Å². The second kappa shape index (κ2) is 9.32. The van der Waals surface area contributed by atoms with Crippen LogP contribution in [0.25, 0.3) is 0 Å². The molecule has 1 aromatic rings. The van der Waals surface area contributed by atoms with E-state index in [4.69, 9.17) is 15.2 Å². The maximum Gasteiger partial charge on any atom is 0.307 e. The first kappa shape index (κ1) is 20.0. The summed E-state index contributed by atoms with van der Waals surface area (Å²) in [4.78, 5) is 22.7. The molecule has 0 fully saturated rings. The van der Waals surface area contributed by atoms with Crippen LogP contribution in [-0.2, 0) is 20.7 Å². The number of anilines is 1. The Morgan fingerprint density at radius 1 is 1.42 bits per heavy atom. The third-order valence-electron chi connectivity index (χ3n) is 3.08. The van der Waals surface area contributed by atoms with Crippen molar-refractivity contribution < 1.29 is 19.1 Å². The summed E-state index contributed by atoms with van der Waals surface area (Å²) in [5.74, 6) is 0.384. The molecular weight excluding hydrogens is 307 g/mol. The van der Waals surface area contributed by atoms with Crippen molar-refractivity contribution in [2.75, 3.05) is 12.3 Å². The fourth-order valence-corrected chi connectivity index (χ4v) is 2.27. The first-order valence-corrected chi connectivity index (χ1v) is 8.01. The van der Waals surface area contributed by atoms with Crippen LogP contribution in [0.1, 0.15) is 39.7 Å². The summed E-state index contributed by atoms with van der Waals surface area (Å²) >= 11 is 0. The molecule has 0 aliphatic rings. The molecule has 1 radical (unpaired) electrons. The van der Waals surface area contributed by atoms with Gasteiger partial charge in [-0.1, -0.05) is 0 Å². The first-order valence-electron chi connectivity index (χ1n) is 8.01. The lowest BCUT2D eigenvalue weighted by atomic mass is 9.92. The third kappa shape index (κ3) is 7.50. The minimum absolute atomic E-state index is 0.127. The summed E-state index contributed by atoms with van der Waals surface area (Å²) < 4.78 is 11.0. The van der Waals surface area contributed by atoms with E-state index in [-0.39, 0.29) is 18.4 Å². The molecule has 0 heterocycles. The van der Waals surface area contributed by atoms with Crippen molar-refractivity contribution in [1.82, 2.24) is 5.23 Å². The van der Waals surface area contributed by atoms with Gasteiger partial charge >= 0.3 is 5.97 Å². The van der Waals surface area contributed by atoms with E-state index in [1.807, 2.05) is 39.8 Å². The van der Waals surface area contributed by atoms with Gasteiger partial charge in [0.25, 0.3) is 7.41 Å². The Kier molecular flexibility index (Phi) is 7.78. The summed E-state index contributed by atoms with van der Waals surface area (Å²) in [7, 11) is 1.28. The van der Waals surface area contributed by atoms with Gasteiger partial charge in [-0.2, -0.15) is 0 Å². The van der Waals surface area contributed by atoms with Crippen molar-refractivity contribution in [1.29, 1.82) is 0 Å². The number of hydrogen-bond donors (Lipinski definition) is 2. The Morgan fingerprint density at radius 2 is 2.12 bits per heavy atom. The van der Waals surface area contributed by atoms with E-state index >= 15 is 0 Å². The van der Waals surface area contributed by atoms with Gasteiger partial charge in [-0.3, -0.25) is 4.79 Å². The quantitative estimate of drug-likeness (QED) is 0.309. The molecule has 0 spiro atoms. The van der Waals surface area contributed by atoms with E-state index in [0.29, 0.717) is 30.7 Å². The van der Waals surface area contributed by atoms with Crippen LogP contribution in [0.4, 0.5) is 5.69 Å². The van der Waals surface area contributed by atoms with E-state index in [0.717, 1.165) is 5.56 Å². The van der Waals surface area contributed by atoms with Crippen molar-refractivity contribution >= 4 is 25.3 Å². The van der Waals surface area contributed by atoms with Crippen molar-refractivity contribution in [3.63, 3.8) is 0 Å². The molecule has 0 saturated heterocycles. The predicted molar refractivity (Wildman–Crippen MR) is 95.6 cm³/mol. The Hall–Kier alpha value is -2.02. The molecule has 0 bridgehead atoms. The lowest BCUT2D eigenvalue weighted by molar-refractivity contribution is -0.155. The van der Waals surface area contributed by atoms with Crippen molar-refractivity contribution in [3.8, 4) is 5.75 Å². The molecule has 1 rings (SSSR count). The van der Waals surface area contributed by atoms with Crippen molar-refractivity contribution in [3.05, 3.63) is 23.8 Å². The van der Waals surface area contributed by atoms with Crippen LogP contribution in [0, 0.1) is 0 Å². The molecule has 0 amide bonds. The topological polar surface area (TPSA) is 90.7 Å². The minimum atomic E-state index is -0.552. The molecule has 24 heavy (non-hydrogen) atoms. The summed E-state index contributed by atoms with van der Waals surface area (Å²) in [6.07, 6.45) is 1.25. The third-order valence-corrected chi connectivity index (χ3v) is 3.08. The monoisotopic (exact) mass is 333 g/mol. The van der Waals surface area contributed by atoms with Gasteiger partial charge in [0, 0.05) is 11.7 Å². The smallest absolute Gasteiger partial charge is 0.307 e. The number of nitrogen functional groups attached to an aromatic ring is 1. The lowest BCUT2D eigenvalue weighted by Crippen LogP contribution is -2.38. The minimum Gasteiger partial charge on any atom is -0.494 e. The Morgan fingerprint density at radius 3 is 2.71 bits per heavy atom. The van der Waals surface area contributed by atoms with Gasteiger partial charge in [0.2, 0.25) is 0 Å². The van der Waals surface area contributed by atoms with Crippen LogP contribution in [-0.4, -0.2) is 37.8 Å². The molecule has 0 aliphatic heterocycles. The largest absolute Gasteiger partial charge is 0.494 e. The molecule has 0 unspecified atom stereocenters. The van der Waals surface area contributed by atoms with Crippen LogP contribution in [0.2, 0.25) is 0 Å². The molecule has 131 valence electrons. The molecule has 3 N–H and O–H groups in total. The highest BCUT2D eigenvalue weighted by atomic mass is 16.6. The van der Waals surface area contributed by atoms with Crippen LogP contribution in [0.5, 0.6) is 5.75 Å². The normalized spacial score (nSPS) is 12.3. The number of nitrogens with two attached hydrogens (primary N) is 1. The number of esters is 1. The van der Waals surface area contributed by atoms with Crippen LogP contribution >= 0.6 is 0 Å². The van der Waals surface area contributed by atoms with Crippen LogP contribution in [0.15, 0.2) is 18.2 Å². The lowest BCUT2D eigenvalue weighted by Gasteiger charge is -2.23. The molecule has 1 aromatic carbocycles. The van der Waals surface area contributed by atoms with E-state index in [1.165, 1.54) is 7.41 Å². The molecule has 1 atom stereocenters. The molecule has 0 aliphatic carbocycles. The Labute approximate surface area is 144 Å². The zero-order valence-electron chi connectivity index (χ0n) is 14.8. The molecular formula is C17H26BN2O4. The van der Waals surface area contributed by atoms with Crippen molar-refractivity contribution in [2.24, 2.45) is 0 Å². The van der Waals surface area contributed by atoms with E-state index in [9.17, 15) is 9.59 Å². The summed E-state index contributed by atoms with van der Waals surface area (Å²) in [6, 6.07) is 5.09. The average Bonchev–Trinajstić information content (AvgIpc) is 2.45. The number of benzene rings is 1. The number of ether oxygens (including phenoxy) is 2. The average molecular weight is 333 g/mol. The van der Waals surface area contributed by atoms with Gasteiger partial charge in [0.05, 0.1) is 19.2 Å². The molecule has 0 saturated carbocycles. The highest BCUT2D eigenvalue weighted by molar-refractivity contribution is 6.64. The SMILES string of the molecule is CCOc1ccc(N)cc1C[C@@H](CC(=O)OC(C)(C)C)N[B]C=O. The zero-order chi connectivity index (χ0) is 18.2. The number of hydrogen-bond acceptors (Lipinski definition) is 6. The number of rotatable bonds is 9. The summed E-state index contributed by atoms with van der Waals surface area (Å²) in [5.41, 5.74) is 6.79. The number of nitrogens with one attached hydrogen (secondary N) is 1. The van der Waals surface area contributed by atoms with Gasteiger partial charge in [0.1, 0.15) is 11.4 Å². The summed E-state index contributed by atoms with van der Waals surface area (Å²) in [5, 5.41) is 2.93. The maximum absolute atomic E-state index is 12.1. The van der Waals surface area contributed by atoms with Crippen molar-refractivity contribution in [2.45, 2.75) is 52.2 Å². The highest BCUT2D eigenvalue weighted by Crippen LogP contribution is 2.24. The summed E-state index contributed by atoms with van der Waals surface area (Å²) in [6.45, 7) is 7.88. The van der Waals surface area contributed by atoms with Gasteiger partial charge in [-0.05, 0) is 57.9 Å². The van der Waals surface area contributed by atoms with E-state index in [1.54, 1.807) is 6.07 Å². The number of carbonyl (C=O) groups is 2. The van der Waals surface area contributed by atoms with E-state index < -0.39 is 5.60 Å². The van der Waals surface area contributed by atoms with Crippen LogP contribution < -0.4 is 15.7 Å². The fourth-order valence-electron chi connectivity index (χ4n) is 2.27. The van der Waals surface area contributed by atoms with Crippen LogP contribution in [0.3, 0.4) is 0 Å². The molecule has 7 heteroatoms. The Bertz CT molecular complexity index is 558. The maximum atomic E-state index is 12.1. The van der Waals surface area contributed by atoms with Gasteiger partial charge in [-0.15, -0.1) is 0 Å². The van der Waals surface area contributed by atoms with Gasteiger partial charge in [0.15, 0.2) is 0 Å². The zero-order valence-corrected chi connectivity index (χ0v) is 14.8.